The van der Waals surface area contributed by atoms with Crippen molar-refractivity contribution in [3.05, 3.63) is 58.9 Å². The van der Waals surface area contributed by atoms with Crippen LogP contribution in [0.3, 0.4) is 0 Å². The van der Waals surface area contributed by atoms with Crippen molar-refractivity contribution < 1.29 is 31.5 Å². The van der Waals surface area contributed by atoms with E-state index in [2.05, 4.69) is 21.8 Å². The van der Waals surface area contributed by atoms with Crippen LogP contribution in [0.2, 0.25) is 0 Å². The molecule has 1 aliphatic heterocycles. The number of halogens is 6. The van der Waals surface area contributed by atoms with Gasteiger partial charge in [0, 0.05) is 50.1 Å². The van der Waals surface area contributed by atoms with Crippen molar-refractivity contribution in [3.63, 3.8) is 0 Å². The summed E-state index contributed by atoms with van der Waals surface area (Å²) in [7, 11) is 1.42. The number of carbonyl (C=O) groups excluding carboxylic acids is 1. The quantitative estimate of drug-likeness (QED) is 0.134. The number of benzene rings is 2. The molecule has 1 saturated heterocycles. The van der Waals surface area contributed by atoms with Gasteiger partial charge in [0.05, 0.1) is 11.6 Å². The van der Waals surface area contributed by atoms with Gasteiger partial charge in [-0.3, -0.25) is 9.79 Å². The number of aliphatic imine (C=N–C) groups is 2. The maximum Gasteiger partial charge on any atom is 0.223 e. The number of hydrogen-bond donors (Lipinski definition) is 1. The number of amides is 1. The molecule has 0 radical (unpaired) electrons. The van der Waals surface area contributed by atoms with E-state index in [-0.39, 0.29) is 58.8 Å². The molecule has 1 unspecified atom stereocenters. The highest BCUT2D eigenvalue weighted by Gasteiger charge is 2.32. The number of likely N-dealkylation sites (tertiary alicyclic amines) is 1. The molecule has 1 aromatic heterocycles. The average Bonchev–Trinajstić information content (AvgIpc) is 3.55. The molecule has 1 fully saturated rings. The monoisotopic (exact) mass is 568 g/mol. The van der Waals surface area contributed by atoms with Gasteiger partial charge in [-0.1, -0.05) is 0 Å². The van der Waals surface area contributed by atoms with E-state index in [0.29, 0.717) is 19.5 Å². The second-order valence-electron chi connectivity index (χ2n) is 8.52. The van der Waals surface area contributed by atoms with Gasteiger partial charge >= 0.3 is 0 Å². The lowest BCUT2D eigenvalue weighted by atomic mass is 10.1. The number of alkyl halides is 1. The molecule has 0 saturated carbocycles. The standard InChI is InChI=1S/C25H22ClF5N6O2/c1-33-24(32)19-22(35-37(25(19)34-2)12-6-8-36(11-12)18(38)5-7-26)14-4-3-13(9-15(14)27)39-23-20(30)16(28)10-17(29)21(23)31/h3-4,9-10,12H,2,5-8,11H2,1H3,(H2,32,33). The van der Waals surface area contributed by atoms with Crippen LogP contribution in [-0.4, -0.2) is 59.2 Å². The molecule has 1 aliphatic rings. The lowest BCUT2D eigenvalue weighted by Crippen LogP contribution is -2.29. The van der Waals surface area contributed by atoms with Gasteiger partial charge in [-0.2, -0.15) is 13.9 Å². The van der Waals surface area contributed by atoms with E-state index in [9.17, 15) is 22.4 Å². The molecule has 2 aromatic carbocycles. The van der Waals surface area contributed by atoms with Crippen molar-refractivity contribution in [2.24, 2.45) is 15.7 Å². The number of nitrogens with two attached hydrogens (primary N) is 1. The van der Waals surface area contributed by atoms with E-state index in [1.165, 1.54) is 17.8 Å². The molecule has 0 bridgehead atoms. The Morgan fingerprint density at radius 3 is 2.46 bits per heavy atom. The number of aromatic nitrogens is 2. The number of carbonyl (C=O) groups is 1. The van der Waals surface area contributed by atoms with Gasteiger partial charge in [0.15, 0.2) is 17.5 Å². The Morgan fingerprint density at radius 2 is 1.87 bits per heavy atom. The third kappa shape index (κ3) is 5.31. The van der Waals surface area contributed by atoms with Crippen molar-refractivity contribution in [2.45, 2.75) is 18.9 Å². The molecular formula is C25H22ClF5N6O2. The molecular weight excluding hydrogens is 547 g/mol. The lowest BCUT2D eigenvalue weighted by molar-refractivity contribution is -0.129. The van der Waals surface area contributed by atoms with Gasteiger partial charge in [-0.15, -0.1) is 11.6 Å². The zero-order chi connectivity index (χ0) is 28.4. The van der Waals surface area contributed by atoms with E-state index in [4.69, 9.17) is 22.1 Å². The summed E-state index contributed by atoms with van der Waals surface area (Å²) in [6.07, 6.45) is 0.707. The minimum atomic E-state index is -1.77. The minimum Gasteiger partial charge on any atom is -0.451 e. The van der Waals surface area contributed by atoms with E-state index < -0.39 is 40.6 Å². The Morgan fingerprint density at radius 1 is 1.18 bits per heavy atom. The van der Waals surface area contributed by atoms with Crippen LogP contribution in [0.25, 0.3) is 11.3 Å². The molecule has 4 rings (SSSR count). The molecule has 0 aliphatic carbocycles. The number of amidine groups is 1. The summed E-state index contributed by atoms with van der Waals surface area (Å²) in [5.74, 6) is -9.42. The zero-order valence-corrected chi connectivity index (χ0v) is 21.3. The van der Waals surface area contributed by atoms with Gasteiger partial charge in [-0.05, 0) is 25.3 Å². The third-order valence-corrected chi connectivity index (χ3v) is 6.38. The van der Waals surface area contributed by atoms with Gasteiger partial charge in [-0.25, -0.2) is 22.8 Å². The van der Waals surface area contributed by atoms with Crippen molar-refractivity contribution in [3.8, 4) is 22.8 Å². The van der Waals surface area contributed by atoms with Crippen LogP contribution in [0.4, 0.5) is 27.8 Å². The van der Waals surface area contributed by atoms with Crippen LogP contribution >= 0.6 is 11.6 Å². The summed E-state index contributed by atoms with van der Waals surface area (Å²) in [6.45, 7) is 4.34. The van der Waals surface area contributed by atoms with Crippen molar-refractivity contribution in [2.75, 3.05) is 26.0 Å². The fraction of sp³-hybridized carbons (Fsp3) is 0.280. The highest BCUT2D eigenvalue weighted by atomic mass is 35.5. The number of nitrogens with zero attached hydrogens (tertiary/aromatic N) is 5. The number of ether oxygens (including phenoxy) is 1. The number of hydrogen-bond acceptors (Lipinski definition) is 5. The largest absolute Gasteiger partial charge is 0.451 e. The molecule has 1 atom stereocenters. The smallest absolute Gasteiger partial charge is 0.223 e. The Hall–Kier alpha value is -4.00. The fourth-order valence-corrected chi connectivity index (χ4v) is 4.45. The van der Waals surface area contributed by atoms with Crippen LogP contribution in [0.5, 0.6) is 11.5 Å². The first-order chi connectivity index (χ1) is 18.6. The Bertz CT molecular complexity index is 1450. The Labute approximate surface area is 224 Å². The Kier molecular flexibility index (Phi) is 8.19. The van der Waals surface area contributed by atoms with Crippen LogP contribution in [0.15, 0.2) is 34.3 Å². The normalized spacial score (nSPS) is 15.6. The second-order valence-corrected chi connectivity index (χ2v) is 8.90. The van der Waals surface area contributed by atoms with Crippen LogP contribution in [0.1, 0.15) is 24.4 Å². The minimum absolute atomic E-state index is 0.0224. The van der Waals surface area contributed by atoms with E-state index in [1.54, 1.807) is 4.90 Å². The molecule has 2 N–H and O–H groups in total. The van der Waals surface area contributed by atoms with Crippen molar-refractivity contribution in [1.82, 2.24) is 14.7 Å². The molecule has 14 heteroatoms. The topological polar surface area (TPSA) is 98.1 Å². The molecule has 8 nitrogen and oxygen atoms in total. The summed E-state index contributed by atoms with van der Waals surface area (Å²) in [4.78, 5) is 21.9. The average molecular weight is 569 g/mol. The molecule has 206 valence electrons. The highest BCUT2D eigenvalue weighted by Crippen LogP contribution is 2.38. The first-order valence-electron chi connectivity index (χ1n) is 11.6. The van der Waals surface area contributed by atoms with Crippen LogP contribution in [-0.2, 0) is 4.79 Å². The maximum atomic E-state index is 15.4. The summed E-state index contributed by atoms with van der Waals surface area (Å²) in [5.41, 5.74) is 6.21. The highest BCUT2D eigenvalue weighted by molar-refractivity contribution is 6.18. The SMILES string of the molecule is C=Nc1c(C(N)=NC)c(-c2ccc(Oc3c(F)c(F)cc(F)c3F)cc2F)nn1C1CCN(C(=O)CCCl)C1. The van der Waals surface area contributed by atoms with Gasteiger partial charge in [0.2, 0.25) is 23.3 Å². The zero-order valence-electron chi connectivity index (χ0n) is 20.5. The molecule has 2 heterocycles. The van der Waals surface area contributed by atoms with E-state index >= 15 is 4.39 Å². The van der Waals surface area contributed by atoms with Crippen LogP contribution < -0.4 is 10.5 Å². The molecule has 0 spiro atoms. The van der Waals surface area contributed by atoms with Gasteiger partial charge in [0.25, 0.3) is 0 Å². The summed E-state index contributed by atoms with van der Waals surface area (Å²) in [5, 5.41) is 4.53. The second kappa shape index (κ2) is 11.4. The predicted molar refractivity (Wildman–Crippen MR) is 135 cm³/mol. The fourth-order valence-electron chi connectivity index (χ4n) is 4.28. The Balaban J connectivity index is 1.74. The van der Waals surface area contributed by atoms with Crippen molar-refractivity contribution in [1.29, 1.82) is 0 Å². The molecule has 3 aromatic rings. The molecule has 1 amide bonds. The first-order valence-corrected chi connectivity index (χ1v) is 12.1. The van der Waals surface area contributed by atoms with Crippen LogP contribution in [0, 0.1) is 29.1 Å². The lowest BCUT2D eigenvalue weighted by Gasteiger charge is -2.16. The van der Waals surface area contributed by atoms with Crippen molar-refractivity contribution >= 4 is 35.9 Å². The summed E-state index contributed by atoms with van der Waals surface area (Å²) >= 11 is 5.69. The first kappa shape index (κ1) is 28.0. The van der Waals surface area contributed by atoms with E-state index in [1.807, 2.05) is 0 Å². The molecule has 39 heavy (non-hydrogen) atoms. The summed E-state index contributed by atoms with van der Waals surface area (Å²) < 4.78 is 76.9. The summed E-state index contributed by atoms with van der Waals surface area (Å²) in [6, 6.07) is 2.78. The van der Waals surface area contributed by atoms with Gasteiger partial charge < -0.3 is 15.4 Å². The van der Waals surface area contributed by atoms with Gasteiger partial charge in [0.1, 0.15) is 23.1 Å². The predicted octanol–water partition coefficient (Wildman–Crippen LogP) is 5.11. The maximum absolute atomic E-state index is 15.4. The number of rotatable bonds is 8. The van der Waals surface area contributed by atoms with E-state index in [0.717, 1.165) is 12.1 Å². The third-order valence-electron chi connectivity index (χ3n) is 6.19.